The number of carbonyl (C=O) groups is 1. The molecule has 0 bridgehead atoms. The van der Waals surface area contributed by atoms with Crippen LogP contribution in [0.25, 0.3) is 0 Å². The van der Waals surface area contributed by atoms with Crippen LogP contribution in [0.2, 0.25) is 0 Å². The second-order valence-electron chi connectivity index (χ2n) is 5.10. The van der Waals surface area contributed by atoms with Gasteiger partial charge in [0.1, 0.15) is 0 Å². The van der Waals surface area contributed by atoms with Crippen molar-refractivity contribution in [2.75, 3.05) is 6.16 Å². The van der Waals surface area contributed by atoms with Crippen molar-refractivity contribution in [3.8, 4) is 0 Å². The summed E-state index contributed by atoms with van der Waals surface area (Å²) in [5.74, 6) is -0.689. The number of aliphatic hydroxyl groups is 1. The molecule has 1 heterocycles. The summed E-state index contributed by atoms with van der Waals surface area (Å²) < 4.78 is 12.2. The number of carbonyl (C=O) groups excluding carboxylic acids is 1. The molecule has 1 aromatic rings. The molecule has 20 heavy (non-hydrogen) atoms. The van der Waals surface area contributed by atoms with Gasteiger partial charge < -0.3 is 20.6 Å². The fraction of sp³-hybridized carbons (Fsp3) is 0.700. The van der Waals surface area contributed by atoms with Gasteiger partial charge in [-0.3, -0.25) is 9.36 Å². The van der Waals surface area contributed by atoms with Crippen molar-refractivity contribution in [2.24, 2.45) is 11.7 Å². The molecular weight excluding hydrogens is 287 g/mol. The minimum absolute atomic E-state index is 0.00357. The van der Waals surface area contributed by atoms with Gasteiger partial charge in [-0.25, -0.2) is 4.68 Å². The number of rotatable bonds is 5. The monoisotopic (exact) mass is 304 g/mol. The molecule has 0 aromatic carbocycles. The zero-order valence-electron chi connectivity index (χ0n) is 10.7. The Kier molecular flexibility index (Phi) is 4.24. The van der Waals surface area contributed by atoms with E-state index in [1.165, 1.54) is 10.9 Å². The summed E-state index contributed by atoms with van der Waals surface area (Å²) in [6.07, 6.45) is 1.82. The summed E-state index contributed by atoms with van der Waals surface area (Å²) in [5.41, 5.74) is 5.10. The molecule has 1 amide bonds. The molecule has 3 unspecified atom stereocenters. The van der Waals surface area contributed by atoms with Crippen LogP contribution in [0, 0.1) is 5.92 Å². The van der Waals surface area contributed by atoms with Crippen molar-refractivity contribution < 1.29 is 24.3 Å². The van der Waals surface area contributed by atoms with E-state index in [0.717, 1.165) is 0 Å². The highest BCUT2D eigenvalue weighted by Crippen LogP contribution is 2.42. The van der Waals surface area contributed by atoms with Crippen LogP contribution in [-0.2, 0) is 4.57 Å². The van der Waals surface area contributed by atoms with Crippen molar-refractivity contribution in [1.82, 2.24) is 15.0 Å². The Hall–Kier alpha value is -1.28. The number of nitrogens with zero attached hydrogens (tertiary/aromatic N) is 3. The summed E-state index contributed by atoms with van der Waals surface area (Å²) in [7, 11) is -4.02. The number of primary amides is 1. The molecule has 1 aliphatic carbocycles. The van der Waals surface area contributed by atoms with Crippen molar-refractivity contribution in [2.45, 2.75) is 31.4 Å². The van der Waals surface area contributed by atoms with Gasteiger partial charge in [0.05, 0.1) is 24.5 Å². The smallest absolute Gasteiger partial charge is 0.325 e. The minimum Gasteiger partial charge on any atom is -0.391 e. The molecule has 9 nitrogen and oxygen atoms in total. The molecule has 1 saturated carbocycles. The third-order valence-electron chi connectivity index (χ3n) is 3.52. The first kappa shape index (κ1) is 15.1. The molecule has 5 N–H and O–H groups in total. The molecule has 1 aliphatic rings. The summed E-state index contributed by atoms with van der Waals surface area (Å²) >= 11 is 0. The van der Waals surface area contributed by atoms with Gasteiger partial charge in [-0.1, -0.05) is 5.21 Å². The first-order chi connectivity index (χ1) is 9.26. The van der Waals surface area contributed by atoms with E-state index >= 15 is 0 Å². The zero-order valence-corrected chi connectivity index (χ0v) is 11.6. The fourth-order valence-electron chi connectivity index (χ4n) is 2.52. The first-order valence-corrected chi connectivity index (χ1v) is 8.00. The average molecular weight is 304 g/mol. The standard InChI is InChI=1S/C10H17N4O5P/c11-10(16)7-5-14(13-12-7)8-3-6(4-9(8)15)1-2-20(17,18)19/h5-6,8-9,15H,1-4H2,(H2,11,16)(H2,17,18,19). The van der Waals surface area contributed by atoms with Crippen molar-refractivity contribution >= 4 is 13.5 Å². The van der Waals surface area contributed by atoms with Gasteiger partial charge in [0.2, 0.25) is 0 Å². The van der Waals surface area contributed by atoms with Crippen molar-refractivity contribution in [3.63, 3.8) is 0 Å². The zero-order chi connectivity index (χ0) is 14.9. The van der Waals surface area contributed by atoms with E-state index < -0.39 is 19.6 Å². The maximum Gasteiger partial charge on any atom is 0.325 e. The van der Waals surface area contributed by atoms with Gasteiger partial charge in [0.15, 0.2) is 5.69 Å². The molecule has 3 atom stereocenters. The second-order valence-corrected chi connectivity index (χ2v) is 6.87. The number of nitrogens with two attached hydrogens (primary N) is 1. The highest BCUT2D eigenvalue weighted by Gasteiger charge is 2.35. The van der Waals surface area contributed by atoms with Crippen LogP contribution in [0.15, 0.2) is 6.20 Å². The molecule has 112 valence electrons. The van der Waals surface area contributed by atoms with E-state index in [-0.39, 0.29) is 23.8 Å². The predicted octanol–water partition coefficient (Wildman–Crippen LogP) is -0.743. The quantitative estimate of drug-likeness (QED) is 0.522. The summed E-state index contributed by atoms with van der Waals surface area (Å²) in [4.78, 5) is 28.7. The lowest BCUT2D eigenvalue weighted by Gasteiger charge is -2.13. The second kappa shape index (κ2) is 5.61. The van der Waals surface area contributed by atoms with E-state index in [9.17, 15) is 14.5 Å². The van der Waals surface area contributed by atoms with Crippen LogP contribution in [0.5, 0.6) is 0 Å². The maximum atomic E-state index is 10.9. The topological polar surface area (TPSA) is 152 Å². The van der Waals surface area contributed by atoms with Crippen molar-refractivity contribution in [3.05, 3.63) is 11.9 Å². The largest absolute Gasteiger partial charge is 0.391 e. The highest BCUT2D eigenvalue weighted by molar-refractivity contribution is 7.51. The van der Waals surface area contributed by atoms with Gasteiger partial charge >= 0.3 is 7.60 Å². The third-order valence-corrected chi connectivity index (χ3v) is 4.37. The van der Waals surface area contributed by atoms with E-state index in [0.29, 0.717) is 19.3 Å². The van der Waals surface area contributed by atoms with E-state index in [4.69, 9.17) is 15.5 Å². The Balaban J connectivity index is 1.99. The van der Waals surface area contributed by atoms with E-state index in [1.807, 2.05) is 0 Å². The SMILES string of the molecule is NC(=O)c1cn(C2CC(CCP(=O)(O)O)CC2O)nn1. The van der Waals surface area contributed by atoms with Gasteiger partial charge in [-0.05, 0) is 25.2 Å². The summed E-state index contributed by atoms with van der Waals surface area (Å²) in [5, 5.41) is 17.4. The predicted molar refractivity (Wildman–Crippen MR) is 67.8 cm³/mol. The lowest BCUT2D eigenvalue weighted by Crippen LogP contribution is -2.18. The van der Waals surface area contributed by atoms with E-state index in [2.05, 4.69) is 10.3 Å². The van der Waals surface area contributed by atoms with Gasteiger partial charge in [-0.15, -0.1) is 5.10 Å². The van der Waals surface area contributed by atoms with Gasteiger partial charge in [0, 0.05) is 0 Å². The Labute approximate surface area is 114 Å². The molecule has 1 aromatic heterocycles. The Morgan fingerprint density at radius 2 is 2.20 bits per heavy atom. The average Bonchev–Trinajstić information content (AvgIpc) is 2.91. The van der Waals surface area contributed by atoms with Crippen LogP contribution in [0.4, 0.5) is 0 Å². The molecule has 0 spiro atoms. The number of hydrogen-bond acceptors (Lipinski definition) is 5. The summed E-state index contributed by atoms with van der Waals surface area (Å²) in [6, 6.07) is -0.350. The molecule has 0 saturated heterocycles. The number of aromatic nitrogens is 3. The number of amides is 1. The molecule has 1 fully saturated rings. The number of hydrogen-bond donors (Lipinski definition) is 4. The molecule has 2 rings (SSSR count). The normalized spacial score (nSPS) is 26.9. The lowest BCUT2D eigenvalue weighted by molar-refractivity contribution is 0.0995. The van der Waals surface area contributed by atoms with E-state index in [1.54, 1.807) is 0 Å². The molecule has 0 radical (unpaired) electrons. The first-order valence-electron chi connectivity index (χ1n) is 6.20. The third kappa shape index (κ3) is 3.63. The van der Waals surface area contributed by atoms with Crippen LogP contribution < -0.4 is 5.73 Å². The highest BCUT2D eigenvalue weighted by atomic mass is 31.2. The molecular formula is C10H17N4O5P. The van der Waals surface area contributed by atoms with Crippen LogP contribution in [0.3, 0.4) is 0 Å². The minimum atomic E-state index is -4.02. The summed E-state index contributed by atoms with van der Waals surface area (Å²) in [6.45, 7) is 0. The van der Waals surface area contributed by atoms with Crippen LogP contribution >= 0.6 is 7.60 Å². The Morgan fingerprint density at radius 3 is 2.75 bits per heavy atom. The van der Waals surface area contributed by atoms with Crippen LogP contribution in [0.1, 0.15) is 35.8 Å². The molecule has 10 heteroatoms. The Morgan fingerprint density at radius 1 is 1.50 bits per heavy atom. The number of aliphatic hydroxyl groups excluding tert-OH is 1. The van der Waals surface area contributed by atoms with Gasteiger partial charge in [-0.2, -0.15) is 0 Å². The molecule has 0 aliphatic heterocycles. The van der Waals surface area contributed by atoms with Crippen LogP contribution in [-0.4, -0.2) is 48.1 Å². The lowest BCUT2D eigenvalue weighted by atomic mass is 10.1. The Bertz CT molecular complexity index is 542. The van der Waals surface area contributed by atoms with Gasteiger partial charge in [0.25, 0.3) is 5.91 Å². The maximum absolute atomic E-state index is 10.9. The van der Waals surface area contributed by atoms with Crippen molar-refractivity contribution in [1.29, 1.82) is 0 Å². The fourth-order valence-corrected chi connectivity index (χ4v) is 3.22.